The maximum atomic E-state index is 5.71. The molecule has 18 heavy (non-hydrogen) atoms. The van der Waals surface area contributed by atoms with Gasteiger partial charge in [-0.05, 0) is 18.8 Å². The van der Waals surface area contributed by atoms with Gasteiger partial charge in [-0.3, -0.25) is 0 Å². The van der Waals surface area contributed by atoms with Gasteiger partial charge in [-0.2, -0.15) is 15.0 Å². The lowest BCUT2D eigenvalue weighted by atomic mass is 9.98. The summed E-state index contributed by atoms with van der Waals surface area (Å²) in [4.78, 5) is 15.0. The molecule has 6 heteroatoms. The predicted octanol–water partition coefficient (Wildman–Crippen LogP) is 0.879. The predicted molar refractivity (Wildman–Crippen MR) is 70.4 cm³/mol. The molecule has 0 radical (unpaired) electrons. The number of nitrogens with zero attached hydrogens (tertiary/aromatic N) is 4. The van der Waals surface area contributed by atoms with E-state index in [1.165, 1.54) is 0 Å². The van der Waals surface area contributed by atoms with Crippen LogP contribution >= 0.6 is 0 Å². The van der Waals surface area contributed by atoms with Crippen LogP contribution in [0.25, 0.3) is 0 Å². The number of ether oxygens (including phenoxy) is 1. The van der Waals surface area contributed by atoms with Crippen molar-refractivity contribution in [1.82, 2.24) is 15.0 Å². The van der Waals surface area contributed by atoms with Crippen molar-refractivity contribution < 1.29 is 4.74 Å². The standard InChI is InChI=1S/C12H21N5O/c1-3-10-14-11(13)16-12(15-10)17-6-4-9(5-7-17)8-18-2/h9H,3-8H2,1-2H3,(H2,13,14,15,16). The van der Waals surface area contributed by atoms with E-state index in [4.69, 9.17) is 10.5 Å². The molecule has 1 fully saturated rings. The zero-order valence-electron chi connectivity index (χ0n) is 11.1. The second kappa shape index (κ2) is 5.95. The van der Waals surface area contributed by atoms with Crippen molar-refractivity contribution in [2.24, 2.45) is 5.92 Å². The highest BCUT2D eigenvalue weighted by Crippen LogP contribution is 2.21. The maximum absolute atomic E-state index is 5.71. The zero-order chi connectivity index (χ0) is 13.0. The monoisotopic (exact) mass is 251 g/mol. The summed E-state index contributed by atoms with van der Waals surface area (Å²) in [5, 5.41) is 0. The second-order valence-corrected chi connectivity index (χ2v) is 4.65. The Labute approximate surface area is 108 Å². The molecule has 2 heterocycles. The third-order valence-corrected chi connectivity index (χ3v) is 3.30. The van der Waals surface area contributed by atoms with E-state index in [-0.39, 0.29) is 0 Å². The number of nitrogen functional groups attached to an aromatic ring is 1. The van der Waals surface area contributed by atoms with Gasteiger partial charge in [0.1, 0.15) is 5.82 Å². The minimum Gasteiger partial charge on any atom is -0.384 e. The molecular formula is C12H21N5O. The SMILES string of the molecule is CCc1nc(N)nc(N2CCC(COC)CC2)n1. The number of aromatic nitrogens is 3. The molecule has 6 nitrogen and oxygen atoms in total. The molecule has 0 aliphatic carbocycles. The van der Waals surface area contributed by atoms with Gasteiger partial charge in [-0.25, -0.2) is 0 Å². The lowest BCUT2D eigenvalue weighted by Crippen LogP contribution is -2.36. The van der Waals surface area contributed by atoms with Crippen LogP contribution in [0.1, 0.15) is 25.6 Å². The molecule has 0 amide bonds. The Bertz CT molecular complexity index is 390. The molecule has 1 aromatic heterocycles. The average molecular weight is 251 g/mol. The highest BCUT2D eigenvalue weighted by molar-refractivity contribution is 5.35. The van der Waals surface area contributed by atoms with Crippen molar-refractivity contribution in [3.8, 4) is 0 Å². The fraction of sp³-hybridized carbons (Fsp3) is 0.750. The maximum Gasteiger partial charge on any atom is 0.230 e. The van der Waals surface area contributed by atoms with E-state index >= 15 is 0 Å². The molecule has 1 saturated heterocycles. The third kappa shape index (κ3) is 3.07. The van der Waals surface area contributed by atoms with Crippen LogP contribution in [0.5, 0.6) is 0 Å². The molecule has 1 aromatic rings. The van der Waals surface area contributed by atoms with Crippen LogP contribution in [0.2, 0.25) is 0 Å². The molecule has 2 N–H and O–H groups in total. The number of methoxy groups -OCH3 is 1. The molecule has 1 aliphatic heterocycles. The number of anilines is 2. The van der Waals surface area contributed by atoms with Gasteiger partial charge in [0.25, 0.3) is 0 Å². The van der Waals surface area contributed by atoms with Gasteiger partial charge >= 0.3 is 0 Å². The highest BCUT2D eigenvalue weighted by Gasteiger charge is 2.21. The van der Waals surface area contributed by atoms with Gasteiger partial charge in [-0.15, -0.1) is 0 Å². The van der Waals surface area contributed by atoms with Gasteiger partial charge in [0.05, 0.1) is 0 Å². The average Bonchev–Trinajstić information content (AvgIpc) is 2.39. The Kier molecular flexibility index (Phi) is 4.30. The van der Waals surface area contributed by atoms with Crippen molar-refractivity contribution in [1.29, 1.82) is 0 Å². The minimum absolute atomic E-state index is 0.316. The largest absolute Gasteiger partial charge is 0.384 e. The van der Waals surface area contributed by atoms with Crippen LogP contribution in [-0.4, -0.2) is 41.8 Å². The molecule has 0 atom stereocenters. The highest BCUT2D eigenvalue weighted by atomic mass is 16.5. The van der Waals surface area contributed by atoms with E-state index in [0.29, 0.717) is 11.9 Å². The zero-order valence-corrected chi connectivity index (χ0v) is 11.1. The fourth-order valence-electron chi connectivity index (χ4n) is 2.26. The summed E-state index contributed by atoms with van der Waals surface area (Å²) in [7, 11) is 1.76. The van der Waals surface area contributed by atoms with Crippen molar-refractivity contribution >= 4 is 11.9 Å². The van der Waals surface area contributed by atoms with Gasteiger partial charge in [0.2, 0.25) is 11.9 Å². The summed E-state index contributed by atoms with van der Waals surface area (Å²) in [6.45, 7) is 4.78. The summed E-state index contributed by atoms with van der Waals surface area (Å²) in [5.41, 5.74) is 5.71. The lowest BCUT2D eigenvalue weighted by molar-refractivity contribution is 0.139. The second-order valence-electron chi connectivity index (χ2n) is 4.65. The van der Waals surface area contributed by atoms with E-state index in [2.05, 4.69) is 19.9 Å². The molecule has 1 aliphatic rings. The van der Waals surface area contributed by atoms with E-state index in [0.717, 1.165) is 50.7 Å². The number of aryl methyl sites for hydroxylation is 1. The topological polar surface area (TPSA) is 77.2 Å². The number of nitrogens with two attached hydrogens (primary N) is 1. The van der Waals surface area contributed by atoms with E-state index in [1.807, 2.05) is 6.92 Å². The van der Waals surface area contributed by atoms with Crippen LogP contribution in [0.4, 0.5) is 11.9 Å². The van der Waals surface area contributed by atoms with Crippen molar-refractivity contribution in [2.45, 2.75) is 26.2 Å². The Balaban J connectivity index is 2.02. The number of rotatable bonds is 4. The molecule has 0 spiro atoms. The van der Waals surface area contributed by atoms with E-state index in [9.17, 15) is 0 Å². The Morgan fingerprint density at radius 1 is 1.28 bits per heavy atom. The van der Waals surface area contributed by atoms with Crippen LogP contribution in [-0.2, 0) is 11.2 Å². The molecule has 0 saturated carbocycles. The van der Waals surface area contributed by atoms with E-state index in [1.54, 1.807) is 7.11 Å². The van der Waals surface area contributed by atoms with Gasteiger partial charge < -0.3 is 15.4 Å². The Hall–Kier alpha value is -1.43. The number of hydrogen-bond donors (Lipinski definition) is 1. The van der Waals surface area contributed by atoms with Crippen molar-refractivity contribution in [3.63, 3.8) is 0 Å². The first-order valence-electron chi connectivity index (χ1n) is 6.47. The normalized spacial score (nSPS) is 17.1. The molecule has 100 valence electrons. The fourth-order valence-corrected chi connectivity index (χ4v) is 2.26. The minimum atomic E-state index is 0.316. The first-order chi connectivity index (χ1) is 8.72. The van der Waals surface area contributed by atoms with Crippen molar-refractivity contribution in [2.75, 3.05) is 37.4 Å². The van der Waals surface area contributed by atoms with Crippen LogP contribution in [0, 0.1) is 5.92 Å². The van der Waals surface area contributed by atoms with E-state index < -0.39 is 0 Å². The molecule has 0 unspecified atom stereocenters. The van der Waals surface area contributed by atoms with Gasteiger partial charge in [0, 0.05) is 33.2 Å². The van der Waals surface area contributed by atoms with Crippen molar-refractivity contribution in [3.05, 3.63) is 5.82 Å². The summed E-state index contributed by atoms with van der Waals surface area (Å²) in [5.74, 6) is 2.44. The quantitative estimate of drug-likeness (QED) is 0.856. The molecule has 0 bridgehead atoms. The first kappa shape index (κ1) is 13.0. The first-order valence-corrected chi connectivity index (χ1v) is 6.47. The van der Waals surface area contributed by atoms with Crippen LogP contribution < -0.4 is 10.6 Å². The Morgan fingerprint density at radius 3 is 2.61 bits per heavy atom. The third-order valence-electron chi connectivity index (χ3n) is 3.30. The summed E-state index contributed by atoms with van der Waals surface area (Å²) in [6, 6.07) is 0. The summed E-state index contributed by atoms with van der Waals surface area (Å²) in [6.07, 6.45) is 3.00. The lowest BCUT2D eigenvalue weighted by Gasteiger charge is -2.31. The summed E-state index contributed by atoms with van der Waals surface area (Å²) >= 11 is 0. The Morgan fingerprint density at radius 2 is 2.00 bits per heavy atom. The molecule has 0 aromatic carbocycles. The number of hydrogen-bond acceptors (Lipinski definition) is 6. The summed E-state index contributed by atoms with van der Waals surface area (Å²) < 4.78 is 5.20. The van der Waals surface area contributed by atoms with Gasteiger partial charge in [-0.1, -0.05) is 6.92 Å². The smallest absolute Gasteiger partial charge is 0.230 e. The molecule has 2 rings (SSSR count). The molecular weight excluding hydrogens is 230 g/mol. The van der Waals surface area contributed by atoms with Crippen LogP contribution in [0.3, 0.4) is 0 Å². The van der Waals surface area contributed by atoms with Gasteiger partial charge in [0.15, 0.2) is 0 Å². The number of piperidine rings is 1. The van der Waals surface area contributed by atoms with Crippen LogP contribution in [0.15, 0.2) is 0 Å².